The number of fused-ring (bicyclic) bond motifs is 1. The Bertz CT molecular complexity index is 1370. The number of aromatic amines is 1. The highest BCUT2D eigenvalue weighted by Gasteiger charge is 2.34. The molecule has 10 heteroatoms. The molecule has 3 rings (SSSR count). The van der Waals surface area contributed by atoms with Gasteiger partial charge in [-0.1, -0.05) is 43.3 Å². The zero-order chi connectivity index (χ0) is 29.1. The number of nitrogens with one attached hydrogen (secondary N) is 1. The number of esters is 1. The largest absolute Gasteiger partial charge is 0.493 e. The van der Waals surface area contributed by atoms with Gasteiger partial charge in [0.2, 0.25) is 0 Å². The Hall–Kier alpha value is -4.52. The molecule has 0 bridgehead atoms. The number of amides is 1. The van der Waals surface area contributed by atoms with Crippen molar-refractivity contribution in [1.82, 2.24) is 9.88 Å². The van der Waals surface area contributed by atoms with Gasteiger partial charge in [-0.25, -0.2) is 4.79 Å². The minimum absolute atomic E-state index is 0.0524. The average Bonchev–Trinajstić information content (AvgIpc) is 3.38. The first kappa shape index (κ1) is 30.0. The fourth-order valence-corrected chi connectivity index (χ4v) is 4.40. The lowest BCUT2D eigenvalue weighted by Gasteiger charge is -2.31. The van der Waals surface area contributed by atoms with Crippen LogP contribution in [0, 0.1) is 17.2 Å². The van der Waals surface area contributed by atoms with Crippen molar-refractivity contribution in [2.24, 2.45) is 11.1 Å². The maximum absolute atomic E-state index is 14.2. The monoisotopic (exact) mass is 548 g/mol. The molecular formula is C30H36N4O6. The molecule has 40 heavy (non-hydrogen) atoms. The van der Waals surface area contributed by atoms with Crippen molar-refractivity contribution in [3.8, 4) is 17.6 Å². The molecule has 1 N–H and O–H groups in total. The van der Waals surface area contributed by atoms with Gasteiger partial charge in [-0.2, -0.15) is 5.26 Å². The molecular weight excluding hydrogens is 512 g/mol. The maximum atomic E-state index is 14.2. The van der Waals surface area contributed by atoms with E-state index >= 15 is 0 Å². The predicted molar refractivity (Wildman–Crippen MR) is 151 cm³/mol. The van der Waals surface area contributed by atoms with Gasteiger partial charge < -0.3 is 28.9 Å². The molecule has 0 saturated carbocycles. The van der Waals surface area contributed by atoms with Crippen LogP contribution in [-0.4, -0.2) is 61.5 Å². The molecule has 212 valence electrons. The van der Waals surface area contributed by atoms with Crippen molar-refractivity contribution in [1.29, 1.82) is 5.26 Å². The second-order valence-electron chi connectivity index (χ2n) is 9.60. The Balaban J connectivity index is 2.08. The minimum Gasteiger partial charge on any atom is -0.493 e. The number of carbonyl (C=O) groups is 2. The van der Waals surface area contributed by atoms with Crippen LogP contribution in [0.5, 0.6) is 11.5 Å². The molecule has 1 aromatic heterocycles. The van der Waals surface area contributed by atoms with Gasteiger partial charge >= 0.3 is 5.97 Å². The number of para-hydroxylation sites is 1. The van der Waals surface area contributed by atoms with E-state index in [0.29, 0.717) is 23.5 Å². The van der Waals surface area contributed by atoms with Crippen LogP contribution in [0.15, 0.2) is 53.8 Å². The molecule has 1 amide bonds. The van der Waals surface area contributed by atoms with E-state index in [9.17, 15) is 9.59 Å². The Morgan fingerprint density at radius 2 is 1.82 bits per heavy atom. The third-order valence-corrected chi connectivity index (χ3v) is 6.33. The van der Waals surface area contributed by atoms with Gasteiger partial charge in [0, 0.05) is 36.5 Å². The van der Waals surface area contributed by atoms with Crippen molar-refractivity contribution in [2.45, 2.75) is 45.7 Å². The number of rotatable bonds is 14. The quantitative estimate of drug-likeness (QED) is 0.135. The second kappa shape index (κ2) is 14.6. The molecule has 1 atom stereocenters. The molecule has 10 nitrogen and oxygen atoms in total. The summed E-state index contributed by atoms with van der Waals surface area (Å²) >= 11 is 0. The Labute approximate surface area is 234 Å². The molecule has 0 fully saturated rings. The lowest BCUT2D eigenvalue weighted by atomic mass is 10.0. The lowest BCUT2D eigenvalue weighted by molar-refractivity contribution is -0.151. The Morgan fingerprint density at radius 3 is 2.50 bits per heavy atom. The van der Waals surface area contributed by atoms with Crippen LogP contribution < -0.4 is 9.47 Å². The summed E-state index contributed by atoms with van der Waals surface area (Å²) in [6, 6.07) is 14.1. The highest BCUT2D eigenvalue weighted by atomic mass is 16.6. The third-order valence-electron chi connectivity index (χ3n) is 6.33. The first-order valence-corrected chi connectivity index (χ1v) is 13.0. The minimum atomic E-state index is -0.971. The van der Waals surface area contributed by atoms with Gasteiger partial charge in [-0.15, -0.1) is 0 Å². The van der Waals surface area contributed by atoms with Crippen LogP contribution in [0.3, 0.4) is 0 Å². The van der Waals surface area contributed by atoms with E-state index in [2.05, 4.69) is 10.1 Å². The van der Waals surface area contributed by atoms with E-state index in [-0.39, 0.29) is 37.6 Å². The van der Waals surface area contributed by atoms with E-state index in [1.54, 1.807) is 19.2 Å². The van der Waals surface area contributed by atoms with Crippen LogP contribution >= 0.6 is 0 Å². The zero-order valence-electron chi connectivity index (χ0n) is 23.6. The summed E-state index contributed by atoms with van der Waals surface area (Å²) in [7, 11) is 4.38. The standard InChI is InChI=1S/C30H36N4O6/c1-20(2)15-25(33-40-14-8-13-31)29(35)34(19-21-11-12-27(37-3)28(16-21)38-4)26(30(36)39-5)17-22-18-32-24-10-7-6-9-23(22)24/h6-7,9-12,16,18,20,26,32H,8,14-15,17,19H2,1-5H3/t26-/m0/s1. The molecule has 0 aliphatic heterocycles. The van der Waals surface area contributed by atoms with Crippen LogP contribution in [0.4, 0.5) is 0 Å². The Kier molecular flexibility index (Phi) is 10.9. The highest BCUT2D eigenvalue weighted by molar-refractivity contribution is 6.39. The number of carbonyl (C=O) groups excluding carboxylic acids is 2. The SMILES string of the molecule is COC(=O)[C@H](Cc1c[nH]c2ccccc12)N(Cc1ccc(OC)c(OC)c1)C(=O)C(CC(C)C)=NOCCC#N. The number of benzene rings is 2. The van der Waals surface area contributed by atoms with E-state index in [1.165, 1.54) is 19.1 Å². The number of H-pyrrole nitrogens is 1. The number of nitriles is 1. The van der Waals surface area contributed by atoms with Gasteiger partial charge in [0.15, 0.2) is 11.5 Å². The number of oxime groups is 1. The molecule has 3 aromatic rings. The third kappa shape index (κ3) is 7.53. The molecule has 0 saturated heterocycles. The first-order chi connectivity index (χ1) is 19.3. The van der Waals surface area contributed by atoms with Gasteiger partial charge in [-0.3, -0.25) is 4.79 Å². The first-order valence-electron chi connectivity index (χ1n) is 13.0. The number of ether oxygens (including phenoxy) is 3. The zero-order valence-corrected chi connectivity index (χ0v) is 23.6. The summed E-state index contributed by atoms with van der Waals surface area (Å²) in [5, 5.41) is 13.9. The van der Waals surface area contributed by atoms with Crippen molar-refractivity contribution < 1.29 is 28.6 Å². The van der Waals surface area contributed by atoms with Crippen LogP contribution in [0.1, 0.15) is 37.8 Å². The number of hydrogen-bond acceptors (Lipinski definition) is 8. The van der Waals surface area contributed by atoms with Crippen LogP contribution in [0.25, 0.3) is 10.9 Å². The summed E-state index contributed by atoms with van der Waals surface area (Å²) in [5.74, 6) is 0.0921. The number of nitrogens with zero attached hydrogens (tertiary/aromatic N) is 3. The molecule has 2 aromatic carbocycles. The maximum Gasteiger partial charge on any atom is 0.328 e. The summed E-state index contributed by atoms with van der Waals surface area (Å²) in [6.45, 7) is 4.04. The topological polar surface area (TPSA) is 126 Å². The van der Waals surface area contributed by atoms with Crippen LogP contribution in [0.2, 0.25) is 0 Å². The Morgan fingerprint density at radius 1 is 1.07 bits per heavy atom. The van der Waals surface area contributed by atoms with Gasteiger partial charge in [0.25, 0.3) is 5.91 Å². The van der Waals surface area contributed by atoms with Crippen LogP contribution in [-0.2, 0) is 32.1 Å². The van der Waals surface area contributed by atoms with Crippen molar-refractivity contribution in [2.75, 3.05) is 27.9 Å². The van der Waals surface area contributed by atoms with Crippen molar-refractivity contribution in [3.63, 3.8) is 0 Å². The molecule has 0 aliphatic rings. The van der Waals surface area contributed by atoms with Gasteiger partial charge in [0.1, 0.15) is 18.4 Å². The lowest BCUT2D eigenvalue weighted by Crippen LogP contribution is -2.49. The average molecular weight is 549 g/mol. The fourth-order valence-electron chi connectivity index (χ4n) is 4.40. The van der Waals surface area contributed by atoms with E-state index in [4.69, 9.17) is 24.3 Å². The molecule has 1 heterocycles. The van der Waals surface area contributed by atoms with Gasteiger partial charge in [-0.05, 0) is 35.2 Å². The fraction of sp³-hybridized carbons (Fsp3) is 0.400. The summed E-state index contributed by atoms with van der Waals surface area (Å²) in [4.78, 5) is 37.5. The smallest absolute Gasteiger partial charge is 0.328 e. The molecule has 0 radical (unpaired) electrons. The van der Waals surface area contributed by atoms with E-state index < -0.39 is 17.9 Å². The van der Waals surface area contributed by atoms with Gasteiger partial charge in [0.05, 0.1) is 33.8 Å². The normalized spacial score (nSPS) is 12.1. The van der Waals surface area contributed by atoms with Crippen molar-refractivity contribution in [3.05, 3.63) is 59.8 Å². The van der Waals surface area contributed by atoms with E-state index in [0.717, 1.165) is 16.5 Å². The number of hydrogen-bond donors (Lipinski definition) is 1. The summed E-state index contributed by atoms with van der Waals surface area (Å²) in [5.41, 5.74) is 2.66. The van der Waals surface area contributed by atoms with Crippen molar-refractivity contribution >= 4 is 28.5 Å². The summed E-state index contributed by atoms with van der Waals surface area (Å²) < 4.78 is 16.0. The second-order valence-corrected chi connectivity index (χ2v) is 9.60. The molecule has 0 aliphatic carbocycles. The highest BCUT2D eigenvalue weighted by Crippen LogP contribution is 2.29. The summed E-state index contributed by atoms with van der Waals surface area (Å²) in [6.07, 6.45) is 2.50. The molecule has 0 unspecified atom stereocenters. The number of aromatic nitrogens is 1. The molecule has 0 spiro atoms. The predicted octanol–water partition coefficient (Wildman–Crippen LogP) is 4.63. The number of methoxy groups -OCH3 is 3. The van der Waals surface area contributed by atoms with E-state index in [1.807, 2.05) is 56.4 Å².